The lowest BCUT2D eigenvalue weighted by molar-refractivity contribution is 0.0975. The molecule has 0 radical (unpaired) electrons. The Hall–Kier alpha value is -1.06. The number of unbranched alkanes of at least 4 members (excludes halogenated alkanes) is 1. The molecule has 0 saturated carbocycles. The highest BCUT2D eigenvalue weighted by Gasteiger charge is 2.10. The van der Waals surface area contributed by atoms with Gasteiger partial charge in [-0.3, -0.25) is 0 Å². The topological polar surface area (TPSA) is 44.5 Å². The van der Waals surface area contributed by atoms with Crippen molar-refractivity contribution in [2.45, 2.75) is 52.5 Å². The van der Waals surface area contributed by atoms with Gasteiger partial charge in [0.05, 0.1) is 6.61 Å². The Balaban J connectivity index is 2.50. The summed E-state index contributed by atoms with van der Waals surface area (Å²) in [6, 6.07) is 6.45. The molecule has 0 aliphatic rings. The molecule has 0 aliphatic carbocycles. The highest BCUT2D eigenvalue weighted by atomic mass is 16.5. The fraction of sp³-hybridized carbons (Fsp3) is 0.647. The smallest absolute Gasteiger partial charge is 0.125 e. The minimum atomic E-state index is 0.194. The van der Waals surface area contributed by atoms with Gasteiger partial charge in [-0.1, -0.05) is 38.5 Å². The first-order valence-corrected chi connectivity index (χ1v) is 7.73. The van der Waals surface area contributed by atoms with Crippen molar-refractivity contribution in [3.8, 4) is 5.75 Å². The zero-order chi connectivity index (χ0) is 14.8. The normalized spacial score (nSPS) is 12.4. The number of ether oxygens (including phenoxy) is 2. The molecule has 2 N–H and O–H groups in total. The van der Waals surface area contributed by atoms with Crippen molar-refractivity contribution >= 4 is 0 Å². The van der Waals surface area contributed by atoms with Crippen molar-refractivity contribution in [2.24, 2.45) is 5.73 Å². The van der Waals surface area contributed by atoms with E-state index in [1.807, 2.05) is 0 Å². The van der Waals surface area contributed by atoms with E-state index in [-0.39, 0.29) is 6.04 Å². The number of hydrogen-bond donors (Lipinski definition) is 1. The summed E-state index contributed by atoms with van der Waals surface area (Å²) in [6.07, 6.45) is 4.12. The zero-order valence-electron chi connectivity index (χ0n) is 13.2. The summed E-state index contributed by atoms with van der Waals surface area (Å²) >= 11 is 0. The minimum Gasteiger partial charge on any atom is -0.491 e. The summed E-state index contributed by atoms with van der Waals surface area (Å²) in [6.45, 7) is 8.42. The van der Waals surface area contributed by atoms with E-state index in [0.29, 0.717) is 13.2 Å². The average Bonchev–Trinajstić information content (AvgIpc) is 2.45. The van der Waals surface area contributed by atoms with E-state index in [0.717, 1.165) is 38.0 Å². The second-order valence-electron chi connectivity index (χ2n) is 5.25. The molecule has 0 saturated heterocycles. The molecule has 3 heteroatoms. The number of para-hydroxylation sites is 1. The maximum absolute atomic E-state index is 6.05. The average molecular weight is 279 g/mol. The molecule has 0 fully saturated rings. The van der Waals surface area contributed by atoms with Crippen molar-refractivity contribution in [3.63, 3.8) is 0 Å². The summed E-state index contributed by atoms with van der Waals surface area (Å²) in [5.41, 5.74) is 8.42. The van der Waals surface area contributed by atoms with Crippen LogP contribution in [-0.2, 0) is 11.2 Å². The lowest BCUT2D eigenvalue weighted by Gasteiger charge is -2.16. The van der Waals surface area contributed by atoms with E-state index >= 15 is 0 Å². The third-order valence-corrected chi connectivity index (χ3v) is 3.42. The number of aryl methyl sites for hydroxylation is 1. The van der Waals surface area contributed by atoms with Crippen LogP contribution >= 0.6 is 0 Å². The van der Waals surface area contributed by atoms with Gasteiger partial charge >= 0.3 is 0 Å². The monoisotopic (exact) mass is 279 g/mol. The van der Waals surface area contributed by atoms with Crippen molar-refractivity contribution in [2.75, 3.05) is 19.8 Å². The van der Waals surface area contributed by atoms with Crippen LogP contribution in [0.1, 0.15) is 44.2 Å². The second-order valence-corrected chi connectivity index (χ2v) is 5.25. The third-order valence-electron chi connectivity index (χ3n) is 3.42. The molecule has 0 amide bonds. The minimum absolute atomic E-state index is 0.194. The molecule has 0 aliphatic heterocycles. The van der Waals surface area contributed by atoms with E-state index in [1.54, 1.807) is 0 Å². The molecule has 0 bridgehead atoms. The van der Waals surface area contributed by atoms with Gasteiger partial charge in [0, 0.05) is 12.6 Å². The van der Waals surface area contributed by atoms with Crippen molar-refractivity contribution in [3.05, 3.63) is 29.3 Å². The van der Waals surface area contributed by atoms with Crippen molar-refractivity contribution in [1.29, 1.82) is 0 Å². The Labute approximate surface area is 123 Å². The Morgan fingerprint density at radius 2 is 1.95 bits per heavy atom. The fourth-order valence-corrected chi connectivity index (χ4v) is 2.06. The molecule has 1 rings (SSSR count). The maximum atomic E-state index is 6.05. The van der Waals surface area contributed by atoms with Crippen molar-refractivity contribution in [1.82, 2.24) is 0 Å². The van der Waals surface area contributed by atoms with Crippen LogP contribution in [0.25, 0.3) is 0 Å². The van der Waals surface area contributed by atoms with Crippen molar-refractivity contribution < 1.29 is 9.47 Å². The summed E-state index contributed by atoms with van der Waals surface area (Å²) in [5, 5.41) is 0. The largest absolute Gasteiger partial charge is 0.491 e. The van der Waals surface area contributed by atoms with Crippen LogP contribution in [0.3, 0.4) is 0 Å². The second kappa shape index (κ2) is 9.78. The van der Waals surface area contributed by atoms with Gasteiger partial charge in [-0.25, -0.2) is 0 Å². The number of rotatable bonds is 10. The Bertz CT molecular complexity index is 379. The van der Waals surface area contributed by atoms with E-state index in [4.69, 9.17) is 15.2 Å². The molecule has 3 nitrogen and oxygen atoms in total. The Morgan fingerprint density at radius 1 is 1.15 bits per heavy atom. The fourth-order valence-electron chi connectivity index (χ4n) is 2.06. The Kier molecular flexibility index (Phi) is 8.31. The van der Waals surface area contributed by atoms with Crippen LogP contribution in [-0.4, -0.2) is 25.9 Å². The van der Waals surface area contributed by atoms with Gasteiger partial charge < -0.3 is 15.2 Å². The lowest BCUT2D eigenvalue weighted by atomic mass is 10.0. The SMILES string of the molecule is CCCCOCCOc1c(C)cccc1CC(N)CC. The molecule has 0 heterocycles. The number of nitrogens with two attached hydrogens (primary N) is 1. The highest BCUT2D eigenvalue weighted by Crippen LogP contribution is 2.24. The molecular formula is C17H29NO2. The standard InChI is InChI=1S/C17H29NO2/c1-4-6-10-19-11-12-20-17-14(3)8-7-9-15(17)13-16(18)5-2/h7-9,16H,4-6,10-13,18H2,1-3H3. The first-order valence-electron chi connectivity index (χ1n) is 7.73. The summed E-state index contributed by atoms with van der Waals surface area (Å²) in [7, 11) is 0. The van der Waals surface area contributed by atoms with Gasteiger partial charge in [0.25, 0.3) is 0 Å². The van der Waals surface area contributed by atoms with Crippen LogP contribution in [0.5, 0.6) is 5.75 Å². The van der Waals surface area contributed by atoms with E-state index in [9.17, 15) is 0 Å². The third kappa shape index (κ3) is 5.93. The first kappa shape index (κ1) is 17.0. The predicted octanol–water partition coefficient (Wildman–Crippen LogP) is 3.47. The highest BCUT2D eigenvalue weighted by molar-refractivity contribution is 5.41. The lowest BCUT2D eigenvalue weighted by Crippen LogP contribution is -2.22. The quantitative estimate of drug-likeness (QED) is 0.667. The molecule has 20 heavy (non-hydrogen) atoms. The van der Waals surface area contributed by atoms with Crippen LogP contribution in [0, 0.1) is 6.92 Å². The molecule has 0 aromatic heterocycles. The zero-order valence-corrected chi connectivity index (χ0v) is 13.2. The van der Waals surface area contributed by atoms with E-state index < -0.39 is 0 Å². The predicted molar refractivity (Wildman–Crippen MR) is 84.4 cm³/mol. The van der Waals surface area contributed by atoms with Crippen LogP contribution < -0.4 is 10.5 Å². The summed E-state index contributed by atoms with van der Waals surface area (Å²) in [5.74, 6) is 0.982. The van der Waals surface area contributed by atoms with Crippen LogP contribution in [0.4, 0.5) is 0 Å². The summed E-state index contributed by atoms with van der Waals surface area (Å²) in [4.78, 5) is 0. The molecule has 114 valence electrons. The summed E-state index contributed by atoms with van der Waals surface area (Å²) < 4.78 is 11.4. The molecule has 1 unspecified atom stereocenters. The van der Waals surface area contributed by atoms with E-state index in [1.165, 1.54) is 11.1 Å². The molecule has 0 spiro atoms. The Morgan fingerprint density at radius 3 is 2.65 bits per heavy atom. The van der Waals surface area contributed by atoms with Gasteiger partial charge in [0.15, 0.2) is 0 Å². The van der Waals surface area contributed by atoms with Gasteiger partial charge in [0.1, 0.15) is 12.4 Å². The van der Waals surface area contributed by atoms with Gasteiger partial charge in [-0.05, 0) is 37.3 Å². The number of hydrogen-bond acceptors (Lipinski definition) is 3. The van der Waals surface area contributed by atoms with Gasteiger partial charge in [0.2, 0.25) is 0 Å². The van der Waals surface area contributed by atoms with Crippen LogP contribution in [0.15, 0.2) is 18.2 Å². The van der Waals surface area contributed by atoms with E-state index in [2.05, 4.69) is 39.0 Å². The molecule has 1 atom stereocenters. The van der Waals surface area contributed by atoms with Gasteiger partial charge in [-0.15, -0.1) is 0 Å². The molecular weight excluding hydrogens is 250 g/mol. The number of benzene rings is 1. The van der Waals surface area contributed by atoms with Crippen LogP contribution in [0.2, 0.25) is 0 Å². The molecule has 1 aromatic carbocycles. The first-order chi connectivity index (χ1) is 9.69. The maximum Gasteiger partial charge on any atom is 0.125 e. The van der Waals surface area contributed by atoms with Gasteiger partial charge in [-0.2, -0.15) is 0 Å². The molecule has 1 aromatic rings.